The second kappa shape index (κ2) is 4.00. The van der Waals surface area contributed by atoms with E-state index in [0.717, 1.165) is 19.3 Å². The molecule has 0 saturated heterocycles. The predicted octanol–water partition coefficient (Wildman–Crippen LogP) is 1.81. The van der Waals surface area contributed by atoms with Crippen molar-refractivity contribution in [2.45, 2.75) is 64.5 Å². The summed E-state index contributed by atoms with van der Waals surface area (Å²) in [7, 11) is 0. The molecule has 0 aromatic carbocycles. The van der Waals surface area contributed by atoms with Crippen molar-refractivity contribution in [3.63, 3.8) is 0 Å². The molecule has 1 saturated carbocycles. The van der Waals surface area contributed by atoms with Crippen LogP contribution in [0.3, 0.4) is 0 Å². The van der Waals surface area contributed by atoms with Gasteiger partial charge in [-0.2, -0.15) is 0 Å². The first kappa shape index (κ1) is 12.4. The molecular formula is C13H23N3O. The van der Waals surface area contributed by atoms with Crippen LogP contribution in [0.1, 0.15) is 53.4 Å². The number of rotatable bonds is 0. The third-order valence-electron chi connectivity index (χ3n) is 3.69. The summed E-state index contributed by atoms with van der Waals surface area (Å²) in [6, 6.07) is 0. The number of hydrogen-bond acceptors (Lipinski definition) is 3. The molecule has 2 N–H and O–H groups in total. The summed E-state index contributed by atoms with van der Waals surface area (Å²) in [4.78, 5) is 16.9. The molecule has 1 heterocycles. The van der Waals surface area contributed by atoms with E-state index in [1.54, 1.807) is 0 Å². The zero-order valence-corrected chi connectivity index (χ0v) is 11.3. The summed E-state index contributed by atoms with van der Waals surface area (Å²) < 4.78 is 0. The van der Waals surface area contributed by atoms with Crippen LogP contribution < -0.4 is 10.6 Å². The van der Waals surface area contributed by atoms with Gasteiger partial charge in [0.05, 0.1) is 0 Å². The van der Waals surface area contributed by atoms with Crippen molar-refractivity contribution in [3.05, 3.63) is 0 Å². The van der Waals surface area contributed by atoms with Crippen molar-refractivity contribution in [1.29, 1.82) is 0 Å². The van der Waals surface area contributed by atoms with E-state index in [9.17, 15) is 4.79 Å². The van der Waals surface area contributed by atoms with Crippen LogP contribution in [0.15, 0.2) is 4.99 Å². The Labute approximate surface area is 103 Å². The van der Waals surface area contributed by atoms with Gasteiger partial charge in [0.25, 0.3) is 5.91 Å². The van der Waals surface area contributed by atoms with Crippen molar-refractivity contribution in [2.75, 3.05) is 0 Å². The molecule has 17 heavy (non-hydrogen) atoms. The summed E-state index contributed by atoms with van der Waals surface area (Å²) in [5.74, 6) is 1.07. The van der Waals surface area contributed by atoms with Crippen molar-refractivity contribution >= 4 is 11.9 Å². The quantitative estimate of drug-likeness (QED) is 0.675. The highest BCUT2D eigenvalue weighted by Crippen LogP contribution is 2.38. The maximum absolute atomic E-state index is 12.2. The van der Waals surface area contributed by atoms with Gasteiger partial charge in [-0.05, 0) is 39.5 Å². The van der Waals surface area contributed by atoms with Crippen LogP contribution >= 0.6 is 0 Å². The van der Waals surface area contributed by atoms with Crippen LogP contribution in [0.25, 0.3) is 0 Å². The lowest BCUT2D eigenvalue weighted by Crippen LogP contribution is -2.49. The van der Waals surface area contributed by atoms with Crippen LogP contribution in [0.4, 0.5) is 0 Å². The highest BCUT2D eigenvalue weighted by Gasteiger charge is 2.49. The first-order chi connectivity index (χ1) is 7.83. The fraction of sp³-hybridized carbons (Fsp3) is 0.846. The molecule has 1 aliphatic heterocycles. The van der Waals surface area contributed by atoms with Gasteiger partial charge in [0.15, 0.2) is 5.96 Å². The first-order valence-electron chi connectivity index (χ1n) is 6.53. The van der Waals surface area contributed by atoms with E-state index in [-0.39, 0.29) is 11.4 Å². The highest BCUT2D eigenvalue weighted by atomic mass is 16.2. The molecule has 0 aromatic rings. The number of amides is 1. The van der Waals surface area contributed by atoms with Gasteiger partial charge in [-0.15, -0.1) is 0 Å². The number of nitrogens with one attached hydrogen (secondary N) is 2. The fourth-order valence-electron chi connectivity index (χ4n) is 2.74. The Balaban J connectivity index is 2.21. The lowest BCUT2D eigenvalue weighted by molar-refractivity contribution is -0.126. The van der Waals surface area contributed by atoms with Gasteiger partial charge in [-0.3, -0.25) is 10.1 Å². The second-order valence-electron chi connectivity index (χ2n) is 6.36. The molecule has 2 aliphatic rings. The molecule has 4 heteroatoms. The number of carbonyl (C=O) groups excluding carboxylic acids is 1. The Morgan fingerprint density at radius 1 is 1.41 bits per heavy atom. The predicted molar refractivity (Wildman–Crippen MR) is 68.8 cm³/mol. The van der Waals surface area contributed by atoms with Gasteiger partial charge in [-0.1, -0.05) is 19.8 Å². The van der Waals surface area contributed by atoms with Gasteiger partial charge in [0.1, 0.15) is 5.54 Å². The molecule has 1 fully saturated rings. The van der Waals surface area contributed by atoms with Gasteiger partial charge in [-0.25, -0.2) is 4.99 Å². The number of guanidine groups is 1. The molecule has 2 atom stereocenters. The van der Waals surface area contributed by atoms with E-state index in [2.05, 4.69) is 43.3 Å². The minimum atomic E-state index is -0.494. The number of hydrogen-bond donors (Lipinski definition) is 2. The summed E-state index contributed by atoms with van der Waals surface area (Å²) in [5.41, 5.74) is -0.568. The molecule has 2 rings (SSSR count). The van der Waals surface area contributed by atoms with Crippen LogP contribution in [0, 0.1) is 5.92 Å². The van der Waals surface area contributed by atoms with Gasteiger partial charge >= 0.3 is 0 Å². The largest absolute Gasteiger partial charge is 0.351 e. The number of carbonyl (C=O) groups is 1. The van der Waals surface area contributed by atoms with Crippen LogP contribution in [0.2, 0.25) is 0 Å². The molecule has 0 aromatic heterocycles. The van der Waals surface area contributed by atoms with Crippen molar-refractivity contribution in [1.82, 2.24) is 10.6 Å². The maximum atomic E-state index is 12.2. The highest BCUT2D eigenvalue weighted by molar-refractivity contribution is 6.07. The van der Waals surface area contributed by atoms with E-state index in [0.29, 0.717) is 11.9 Å². The normalized spacial score (nSPS) is 33.5. The summed E-state index contributed by atoms with van der Waals surface area (Å²) in [5, 5.41) is 6.16. The molecule has 0 bridgehead atoms. The van der Waals surface area contributed by atoms with E-state index in [1.807, 2.05) is 0 Å². The molecular weight excluding hydrogens is 214 g/mol. The zero-order chi connectivity index (χ0) is 12.7. The SMILES string of the molecule is CC1CCCCC12N=C(NC(C)(C)C)NC2=O. The fourth-order valence-corrected chi connectivity index (χ4v) is 2.74. The second-order valence-corrected chi connectivity index (χ2v) is 6.36. The van der Waals surface area contributed by atoms with Crippen LogP contribution in [-0.4, -0.2) is 22.9 Å². The monoisotopic (exact) mass is 237 g/mol. The summed E-state index contributed by atoms with van der Waals surface area (Å²) >= 11 is 0. The Morgan fingerprint density at radius 3 is 2.71 bits per heavy atom. The van der Waals surface area contributed by atoms with Crippen molar-refractivity contribution in [2.24, 2.45) is 10.9 Å². The number of aliphatic imine (C=N–C) groups is 1. The molecule has 1 aliphatic carbocycles. The minimum Gasteiger partial charge on any atom is -0.351 e. The molecule has 4 nitrogen and oxygen atoms in total. The molecule has 0 radical (unpaired) electrons. The smallest absolute Gasteiger partial charge is 0.254 e. The Kier molecular flexibility index (Phi) is 2.92. The zero-order valence-electron chi connectivity index (χ0n) is 11.3. The first-order valence-corrected chi connectivity index (χ1v) is 6.53. The maximum Gasteiger partial charge on any atom is 0.254 e. The lowest BCUT2D eigenvalue weighted by Gasteiger charge is -2.34. The number of nitrogens with zero attached hydrogens (tertiary/aromatic N) is 1. The molecule has 2 unspecified atom stereocenters. The van der Waals surface area contributed by atoms with Gasteiger partial charge < -0.3 is 5.32 Å². The van der Waals surface area contributed by atoms with Crippen LogP contribution in [-0.2, 0) is 4.79 Å². The van der Waals surface area contributed by atoms with E-state index >= 15 is 0 Å². The Hall–Kier alpha value is -1.06. The third kappa shape index (κ3) is 2.31. The van der Waals surface area contributed by atoms with Crippen molar-refractivity contribution < 1.29 is 4.79 Å². The van der Waals surface area contributed by atoms with Crippen LogP contribution in [0.5, 0.6) is 0 Å². The van der Waals surface area contributed by atoms with E-state index < -0.39 is 5.54 Å². The average Bonchev–Trinajstić information content (AvgIpc) is 2.46. The van der Waals surface area contributed by atoms with Gasteiger partial charge in [0, 0.05) is 5.54 Å². The molecule has 96 valence electrons. The van der Waals surface area contributed by atoms with Gasteiger partial charge in [0.2, 0.25) is 0 Å². The standard InChI is InChI=1S/C13H23N3O/c1-9-7-5-6-8-13(9)10(17)14-11(16-13)15-12(2,3)4/h9H,5-8H2,1-4H3,(H2,14,15,16,17). The third-order valence-corrected chi connectivity index (χ3v) is 3.69. The van der Waals surface area contributed by atoms with E-state index in [1.165, 1.54) is 6.42 Å². The Bertz CT molecular complexity index is 356. The molecule has 1 amide bonds. The average molecular weight is 237 g/mol. The summed E-state index contributed by atoms with van der Waals surface area (Å²) in [6.45, 7) is 8.34. The topological polar surface area (TPSA) is 53.5 Å². The van der Waals surface area contributed by atoms with Crippen molar-refractivity contribution in [3.8, 4) is 0 Å². The minimum absolute atomic E-state index is 0.0739. The van der Waals surface area contributed by atoms with E-state index in [4.69, 9.17) is 0 Å². The summed E-state index contributed by atoms with van der Waals surface area (Å²) in [6.07, 6.45) is 4.30. The molecule has 1 spiro atoms. The lowest BCUT2D eigenvalue weighted by atomic mass is 9.74. The Morgan fingerprint density at radius 2 is 2.12 bits per heavy atom.